The molecule has 1 N–H and O–H groups in total. The summed E-state index contributed by atoms with van der Waals surface area (Å²) in [6, 6.07) is 0.599. The first-order chi connectivity index (χ1) is 4.77. The van der Waals surface area contributed by atoms with Crippen LogP contribution in [-0.4, -0.2) is 25.8 Å². The summed E-state index contributed by atoms with van der Waals surface area (Å²) in [5, 5.41) is 3.32. The summed E-state index contributed by atoms with van der Waals surface area (Å²) in [6.07, 6.45) is 1.12. The molecular formula is C8H19NO. The van der Waals surface area contributed by atoms with Crippen molar-refractivity contribution in [2.75, 3.05) is 19.8 Å². The molecule has 0 atom stereocenters. The van der Waals surface area contributed by atoms with Crippen molar-refractivity contribution in [3.63, 3.8) is 0 Å². The normalized spacial score (nSPS) is 10.8. The maximum Gasteiger partial charge on any atom is 0.0477 e. The number of hydrogen-bond acceptors (Lipinski definition) is 2. The highest BCUT2D eigenvalue weighted by Gasteiger charge is 1.90. The van der Waals surface area contributed by atoms with Gasteiger partial charge in [-0.1, -0.05) is 13.8 Å². The molecule has 0 aromatic heterocycles. The first kappa shape index (κ1) is 9.92. The smallest absolute Gasteiger partial charge is 0.0477 e. The molecule has 0 unspecified atom stereocenters. The Morgan fingerprint density at radius 2 is 2.10 bits per heavy atom. The van der Waals surface area contributed by atoms with Crippen molar-refractivity contribution >= 4 is 0 Å². The van der Waals surface area contributed by atoms with Gasteiger partial charge >= 0.3 is 0 Å². The third-order valence-electron chi connectivity index (χ3n) is 1.22. The van der Waals surface area contributed by atoms with Crippen LogP contribution in [0.5, 0.6) is 0 Å². The van der Waals surface area contributed by atoms with Gasteiger partial charge in [0.05, 0.1) is 0 Å². The van der Waals surface area contributed by atoms with Crippen LogP contribution in [0.1, 0.15) is 27.2 Å². The predicted octanol–water partition coefficient (Wildman–Crippen LogP) is 1.41. The lowest BCUT2D eigenvalue weighted by molar-refractivity contribution is 0.144. The molecule has 62 valence electrons. The van der Waals surface area contributed by atoms with Crippen LogP contribution in [0.25, 0.3) is 0 Å². The van der Waals surface area contributed by atoms with E-state index in [0.717, 1.165) is 26.2 Å². The number of nitrogens with one attached hydrogen (secondary N) is 1. The Bertz CT molecular complexity index is 64.3. The summed E-state index contributed by atoms with van der Waals surface area (Å²) in [6.45, 7) is 9.12. The van der Waals surface area contributed by atoms with Crippen LogP contribution in [0, 0.1) is 0 Å². The minimum Gasteiger partial charge on any atom is -0.382 e. The van der Waals surface area contributed by atoms with Gasteiger partial charge in [0.2, 0.25) is 0 Å². The highest BCUT2D eigenvalue weighted by molar-refractivity contribution is 4.51. The van der Waals surface area contributed by atoms with Gasteiger partial charge < -0.3 is 10.1 Å². The second-order valence-corrected chi connectivity index (χ2v) is 2.66. The molecule has 2 nitrogen and oxygen atoms in total. The molecule has 10 heavy (non-hydrogen) atoms. The number of hydrogen-bond donors (Lipinski definition) is 1. The lowest BCUT2D eigenvalue weighted by Crippen LogP contribution is -2.24. The molecule has 0 aromatic rings. The first-order valence-corrected chi connectivity index (χ1v) is 4.08. The molecule has 0 aliphatic carbocycles. The molecule has 0 aliphatic heterocycles. The summed E-state index contributed by atoms with van der Waals surface area (Å²) < 4.78 is 5.18. The van der Waals surface area contributed by atoms with Gasteiger partial charge in [-0.2, -0.15) is 0 Å². The van der Waals surface area contributed by atoms with E-state index < -0.39 is 0 Å². The van der Waals surface area contributed by atoms with Crippen molar-refractivity contribution in [1.82, 2.24) is 5.32 Å². The van der Waals surface area contributed by atoms with Crippen molar-refractivity contribution in [1.29, 1.82) is 0 Å². The van der Waals surface area contributed by atoms with Crippen LogP contribution in [0.15, 0.2) is 0 Å². The fourth-order valence-corrected chi connectivity index (χ4v) is 0.709. The van der Waals surface area contributed by atoms with E-state index in [2.05, 4.69) is 19.2 Å². The molecule has 2 heteroatoms. The number of rotatable bonds is 6. The number of ether oxygens (including phenoxy) is 1. The van der Waals surface area contributed by atoms with E-state index in [1.54, 1.807) is 0 Å². The van der Waals surface area contributed by atoms with E-state index in [4.69, 9.17) is 4.74 Å². The van der Waals surface area contributed by atoms with E-state index in [0.29, 0.717) is 6.04 Å². The average molecular weight is 145 g/mol. The second-order valence-electron chi connectivity index (χ2n) is 2.66. The quantitative estimate of drug-likeness (QED) is 0.571. The van der Waals surface area contributed by atoms with Crippen molar-refractivity contribution in [3.8, 4) is 0 Å². The second kappa shape index (κ2) is 7.03. The Morgan fingerprint density at radius 1 is 1.40 bits per heavy atom. The summed E-state index contributed by atoms with van der Waals surface area (Å²) >= 11 is 0. The minimum atomic E-state index is 0.599. The van der Waals surface area contributed by atoms with Gasteiger partial charge in [-0.25, -0.2) is 0 Å². The van der Waals surface area contributed by atoms with Gasteiger partial charge in [0.25, 0.3) is 0 Å². The molecule has 0 rings (SSSR count). The third kappa shape index (κ3) is 7.92. The zero-order valence-electron chi connectivity index (χ0n) is 7.31. The highest BCUT2D eigenvalue weighted by Crippen LogP contribution is 1.82. The summed E-state index contributed by atoms with van der Waals surface area (Å²) in [4.78, 5) is 0. The summed E-state index contributed by atoms with van der Waals surface area (Å²) in [5.74, 6) is 0. The topological polar surface area (TPSA) is 21.3 Å². The van der Waals surface area contributed by atoms with Crippen LogP contribution in [0.3, 0.4) is 0 Å². The van der Waals surface area contributed by atoms with Crippen LogP contribution < -0.4 is 5.32 Å². The van der Waals surface area contributed by atoms with Gasteiger partial charge in [-0.05, 0) is 19.9 Å². The Balaban J connectivity index is 2.77. The van der Waals surface area contributed by atoms with Gasteiger partial charge in [0, 0.05) is 19.3 Å². The van der Waals surface area contributed by atoms with Crippen molar-refractivity contribution in [3.05, 3.63) is 0 Å². The zero-order chi connectivity index (χ0) is 7.82. The Morgan fingerprint density at radius 3 is 2.60 bits per heavy atom. The molecule has 0 spiro atoms. The van der Waals surface area contributed by atoms with Gasteiger partial charge in [-0.15, -0.1) is 0 Å². The maximum atomic E-state index is 5.18. The van der Waals surface area contributed by atoms with E-state index in [1.807, 2.05) is 6.92 Å². The molecule has 0 saturated heterocycles. The Kier molecular flexibility index (Phi) is 6.98. The molecule has 0 bridgehead atoms. The van der Waals surface area contributed by atoms with E-state index in [-0.39, 0.29) is 0 Å². The fourth-order valence-electron chi connectivity index (χ4n) is 0.709. The van der Waals surface area contributed by atoms with E-state index in [9.17, 15) is 0 Å². The molecule has 0 radical (unpaired) electrons. The molecule has 0 aromatic carbocycles. The lowest BCUT2D eigenvalue weighted by atomic mass is 10.3. The zero-order valence-corrected chi connectivity index (χ0v) is 7.31. The standard InChI is InChI=1S/C8H19NO/c1-4-10-7-5-6-9-8(2)3/h8-9H,4-7H2,1-3H3. The molecule has 0 saturated carbocycles. The molecule has 0 fully saturated rings. The van der Waals surface area contributed by atoms with Gasteiger partial charge in [0.1, 0.15) is 0 Å². The van der Waals surface area contributed by atoms with Gasteiger partial charge in [0.15, 0.2) is 0 Å². The maximum absolute atomic E-state index is 5.18. The third-order valence-corrected chi connectivity index (χ3v) is 1.22. The average Bonchev–Trinajstić information content (AvgIpc) is 1.87. The summed E-state index contributed by atoms with van der Waals surface area (Å²) in [7, 11) is 0. The monoisotopic (exact) mass is 145 g/mol. The van der Waals surface area contributed by atoms with E-state index >= 15 is 0 Å². The Labute approximate surface area is 64.0 Å². The highest BCUT2D eigenvalue weighted by atomic mass is 16.5. The minimum absolute atomic E-state index is 0.599. The van der Waals surface area contributed by atoms with Crippen LogP contribution in [0.4, 0.5) is 0 Å². The SMILES string of the molecule is CCOCCCNC(C)C. The van der Waals surface area contributed by atoms with Crippen LogP contribution in [-0.2, 0) is 4.74 Å². The van der Waals surface area contributed by atoms with E-state index in [1.165, 1.54) is 0 Å². The van der Waals surface area contributed by atoms with Crippen LogP contribution in [0.2, 0.25) is 0 Å². The lowest BCUT2D eigenvalue weighted by Gasteiger charge is -2.06. The molecule has 0 aliphatic rings. The predicted molar refractivity (Wildman–Crippen MR) is 44.2 cm³/mol. The molecule has 0 amide bonds. The summed E-state index contributed by atoms with van der Waals surface area (Å²) in [5.41, 5.74) is 0. The first-order valence-electron chi connectivity index (χ1n) is 4.08. The Hall–Kier alpha value is -0.0800. The van der Waals surface area contributed by atoms with Crippen molar-refractivity contribution in [2.45, 2.75) is 33.2 Å². The largest absolute Gasteiger partial charge is 0.382 e. The van der Waals surface area contributed by atoms with Crippen molar-refractivity contribution in [2.24, 2.45) is 0 Å². The molecular weight excluding hydrogens is 126 g/mol. The molecule has 0 heterocycles. The van der Waals surface area contributed by atoms with Crippen molar-refractivity contribution < 1.29 is 4.74 Å². The van der Waals surface area contributed by atoms with Gasteiger partial charge in [-0.3, -0.25) is 0 Å². The van der Waals surface area contributed by atoms with Crippen LogP contribution >= 0.6 is 0 Å². The fraction of sp³-hybridized carbons (Fsp3) is 1.00.